The lowest BCUT2D eigenvalue weighted by Crippen LogP contribution is -2.13. The number of benzene rings is 1. The number of fused-ring (bicyclic) bond motifs is 1. The van der Waals surface area contributed by atoms with Gasteiger partial charge in [0.1, 0.15) is 21.9 Å². The molecule has 6 heteroatoms. The quantitative estimate of drug-likeness (QED) is 0.376. The van der Waals surface area contributed by atoms with Gasteiger partial charge in [0.2, 0.25) is 0 Å². The number of ketones is 1. The predicted molar refractivity (Wildman–Crippen MR) is 99.5 cm³/mol. The molecule has 124 valence electrons. The van der Waals surface area contributed by atoms with E-state index >= 15 is 0 Å². The van der Waals surface area contributed by atoms with Crippen molar-refractivity contribution < 1.29 is 9.53 Å². The van der Waals surface area contributed by atoms with Crippen molar-refractivity contribution in [3.05, 3.63) is 46.6 Å². The summed E-state index contributed by atoms with van der Waals surface area (Å²) in [6, 6.07) is 7.21. The minimum absolute atomic E-state index is 0.0824. The van der Waals surface area contributed by atoms with E-state index in [1.165, 1.54) is 22.2 Å². The highest BCUT2D eigenvalue weighted by Gasteiger charge is 2.20. The van der Waals surface area contributed by atoms with Gasteiger partial charge in [0, 0.05) is 15.8 Å². The highest BCUT2D eigenvalue weighted by molar-refractivity contribution is 8.00. The van der Waals surface area contributed by atoms with Crippen molar-refractivity contribution in [3.8, 4) is 5.75 Å². The number of nitrogens with zero attached hydrogens (tertiary/aromatic N) is 2. The molecule has 0 spiro atoms. The number of ether oxygens (including phenoxy) is 1. The molecule has 0 saturated heterocycles. The van der Waals surface area contributed by atoms with Gasteiger partial charge < -0.3 is 4.74 Å². The Labute approximate surface area is 149 Å². The van der Waals surface area contributed by atoms with Gasteiger partial charge in [-0.3, -0.25) is 4.79 Å². The normalized spacial score (nSPS) is 12.3. The number of rotatable bonds is 5. The maximum atomic E-state index is 12.7. The molecule has 2 aromatic heterocycles. The van der Waals surface area contributed by atoms with Gasteiger partial charge in [-0.1, -0.05) is 11.8 Å². The SMILES string of the molecule is COc1ccc(C(=O)[C@H](C)Sc2ncnc3sc(C)c(C)c23)cc1. The van der Waals surface area contributed by atoms with Gasteiger partial charge in [0.05, 0.1) is 12.4 Å². The number of hydrogen-bond acceptors (Lipinski definition) is 6. The van der Waals surface area contributed by atoms with Crippen LogP contribution in [0.3, 0.4) is 0 Å². The molecule has 0 fully saturated rings. The first-order valence-electron chi connectivity index (χ1n) is 7.57. The van der Waals surface area contributed by atoms with Crippen LogP contribution in [-0.4, -0.2) is 28.1 Å². The number of Topliss-reactive ketones (excluding diaryl/α,β-unsaturated/α-hetero) is 1. The van der Waals surface area contributed by atoms with Gasteiger partial charge in [0.15, 0.2) is 5.78 Å². The van der Waals surface area contributed by atoms with Crippen LogP contribution in [0.5, 0.6) is 5.75 Å². The summed E-state index contributed by atoms with van der Waals surface area (Å²) < 4.78 is 5.14. The average Bonchev–Trinajstić information content (AvgIpc) is 2.89. The van der Waals surface area contributed by atoms with E-state index in [4.69, 9.17) is 4.74 Å². The van der Waals surface area contributed by atoms with Gasteiger partial charge in [-0.25, -0.2) is 9.97 Å². The van der Waals surface area contributed by atoms with Gasteiger partial charge >= 0.3 is 0 Å². The number of thiophene rings is 1. The van der Waals surface area contributed by atoms with Crippen LogP contribution in [0.4, 0.5) is 0 Å². The van der Waals surface area contributed by atoms with Crippen molar-refractivity contribution in [3.63, 3.8) is 0 Å². The molecule has 3 aromatic rings. The topological polar surface area (TPSA) is 52.1 Å². The van der Waals surface area contributed by atoms with Crippen LogP contribution in [0.25, 0.3) is 10.2 Å². The average molecular weight is 358 g/mol. The number of carbonyl (C=O) groups is 1. The highest BCUT2D eigenvalue weighted by Crippen LogP contribution is 2.36. The van der Waals surface area contributed by atoms with Crippen molar-refractivity contribution in [1.82, 2.24) is 9.97 Å². The summed E-state index contributed by atoms with van der Waals surface area (Å²) in [6.45, 7) is 6.08. The smallest absolute Gasteiger partial charge is 0.175 e. The molecule has 0 aliphatic carbocycles. The van der Waals surface area contributed by atoms with Crippen molar-refractivity contribution in [1.29, 1.82) is 0 Å². The Morgan fingerprint density at radius 3 is 2.58 bits per heavy atom. The second-order valence-corrected chi connectivity index (χ2v) is 8.03. The number of aromatic nitrogens is 2. The molecule has 0 aliphatic rings. The number of hydrogen-bond donors (Lipinski definition) is 0. The van der Waals surface area contributed by atoms with Gasteiger partial charge in [0.25, 0.3) is 0 Å². The van der Waals surface area contributed by atoms with Crippen LogP contribution >= 0.6 is 23.1 Å². The number of methoxy groups -OCH3 is 1. The van der Waals surface area contributed by atoms with E-state index in [2.05, 4.69) is 23.8 Å². The van der Waals surface area contributed by atoms with E-state index < -0.39 is 0 Å². The molecule has 4 nitrogen and oxygen atoms in total. The standard InChI is InChI=1S/C18H18N2O2S2/c1-10-11(2)23-17-15(10)18(20-9-19-17)24-12(3)16(21)13-5-7-14(22-4)8-6-13/h5-9,12H,1-4H3/t12-/m0/s1. The summed E-state index contributed by atoms with van der Waals surface area (Å²) in [4.78, 5) is 23.6. The van der Waals surface area contributed by atoms with Crippen molar-refractivity contribution in [2.75, 3.05) is 7.11 Å². The summed E-state index contributed by atoms with van der Waals surface area (Å²) in [7, 11) is 1.61. The number of thioether (sulfide) groups is 1. The Bertz CT molecular complexity index is 888. The molecule has 2 heterocycles. The van der Waals surface area contributed by atoms with E-state index in [1.807, 2.05) is 6.92 Å². The third kappa shape index (κ3) is 3.16. The first kappa shape index (κ1) is 16.9. The molecule has 0 bridgehead atoms. The van der Waals surface area contributed by atoms with E-state index in [1.54, 1.807) is 49.0 Å². The molecule has 0 aliphatic heterocycles. The largest absolute Gasteiger partial charge is 0.497 e. The Morgan fingerprint density at radius 2 is 1.92 bits per heavy atom. The van der Waals surface area contributed by atoms with Crippen LogP contribution in [0.15, 0.2) is 35.6 Å². The van der Waals surface area contributed by atoms with Crippen LogP contribution in [0.1, 0.15) is 27.7 Å². The molecule has 24 heavy (non-hydrogen) atoms. The number of carbonyl (C=O) groups excluding carboxylic acids is 1. The third-order valence-corrected chi connectivity index (χ3v) is 6.18. The summed E-state index contributed by atoms with van der Waals surface area (Å²) in [5.41, 5.74) is 1.88. The lowest BCUT2D eigenvalue weighted by atomic mass is 10.1. The summed E-state index contributed by atoms with van der Waals surface area (Å²) in [6.07, 6.45) is 1.57. The lowest BCUT2D eigenvalue weighted by molar-refractivity contribution is 0.0994. The minimum Gasteiger partial charge on any atom is -0.497 e. The van der Waals surface area contributed by atoms with Crippen molar-refractivity contribution >= 4 is 39.1 Å². The molecule has 0 N–H and O–H groups in total. The zero-order chi connectivity index (χ0) is 17.3. The van der Waals surface area contributed by atoms with E-state index in [9.17, 15) is 4.79 Å². The van der Waals surface area contributed by atoms with Gasteiger partial charge in [-0.2, -0.15) is 0 Å². The van der Waals surface area contributed by atoms with Crippen LogP contribution in [0.2, 0.25) is 0 Å². The van der Waals surface area contributed by atoms with Crippen molar-refractivity contribution in [2.24, 2.45) is 0 Å². The zero-order valence-corrected chi connectivity index (χ0v) is 15.6. The Kier molecular flexibility index (Phi) is 4.87. The molecule has 0 unspecified atom stereocenters. The number of aryl methyl sites for hydroxylation is 2. The molecule has 1 aromatic carbocycles. The Hall–Kier alpha value is -1.92. The van der Waals surface area contributed by atoms with E-state index in [-0.39, 0.29) is 11.0 Å². The Balaban J connectivity index is 1.86. The van der Waals surface area contributed by atoms with E-state index in [0.717, 1.165) is 21.0 Å². The maximum absolute atomic E-state index is 12.7. The Morgan fingerprint density at radius 1 is 1.21 bits per heavy atom. The zero-order valence-electron chi connectivity index (χ0n) is 14.0. The molecule has 1 atom stereocenters. The molecular weight excluding hydrogens is 340 g/mol. The summed E-state index contributed by atoms with van der Waals surface area (Å²) >= 11 is 3.15. The molecule has 3 rings (SSSR count). The van der Waals surface area contributed by atoms with Gasteiger partial charge in [-0.05, 0) is 50.6 Å². The minimum atomic E-state index is -0.226. The summed E-state index contributed by atoms with van der Waals surface area (Å²) in [5, 5.41) is 1.71. The molecule has 0 radical (unpaired) electrons. The maximum Gasteiger partial charge on any atom is 0.175 e. The van der Waals surface area contributed by atoms with Crippen LogP contribution in [-0.2, 0) is 0 Å². The predicted octanol–water partition coefficient (Wildman–Crippen LogP) is 4.68. The highest BCUT2D eigenvalue weighted by atomic mass is 32.2. The monoisotopic (exact) mass is 358 g/mol. The van der Waals surface area contributed by atoms with Crippen LogP contribution in [0, 0.1) is 13.8 Å². The lowest BCUT2D eigenvalue weighted by Gasteiger charge is -2.11. The third-order valence-electron chi connectivity index (χ3n) is 3.96. The second kappa shape index (κ2) is 6.91. The van der Waals surface area contributed by atoms with E-state index in [0.29, 0.717) is 5.56 Å². The molecular formula is C18H18N2O2S2. The fourth-order valence-corrected chi connectivity index (χ4v) is 4.57. The van der Waals surface area contributed by atoms with Gasteiger partial charge in [-0.15, -0.1) is 11.3 Å². The molecule has 0 amide bonds. The first-order valence-corrected chi connectivity index (χ1v) is 9.26. The molecule has 0 saturated carbocycles. The summed E-state index contributed by atoms with van der Waals surface area (Å²) in [5.74, 6) is 0.827. The fraction of sp³-hybridized carbons (Fsp3) is 0.278. The van der Waals surface area contributed by atoms with Crippen molar-refractivity contribution in [2.45, 2.75) is 31.0 Å². The second-order valence-electron chi connectivity index (χ2n) is 5.50. The van der Waals surface area contributed by atoms with Crippen LogP contribution < -0.4 is 4.74 Å². The fourth-order valence-electron chi connectivity index (χ4n) is 2.45. The first-order chi connectivity index (χ1) is 11.5.